The van der Waals surface area contributed by atoms with Crippen molar-refractivity contribution >= 4 is 17.3 Å². The Labute approximate surface area is 154 Å². The molecule has 26 heavy (non-hydrogen) atoms. The first-order valence-corrected chi connectivity index (χ1v) is 8.72. The number of anilines is 1. The van der Waals surface area contributed by atoms with Crippen LogP contribution in [-0.4, -0.2) is 34.5 Å². The Morgan fingerprint density at radius 3 is 2.38 bits per heavy atom. The first-order valence-electron chi connectivity index (χ1n) is 8.72. The molecule has 1 aliphatic rings. The van der Waals surface area contributed by atoms with Crippen molar-refractivity contribution in [1.82, 2.24) is 0 Å². The molecule has 0 unspecified atom stereocenters. The van der Waals surface area contributed by atoms with Crippen molar-refractivity contribution in [3.8, 4) is 23.0 Å². The summed E-state index contributed by atoms with van der Waals surface area (Å²) in [6.45, 7) is 3.45. The Kier molecular flexibility index (Phi) is 5.56. The van der Waals surface area contributed by atoms with Gasteiger partial charge in [-0.05, 0) is 42.3 Å². The lowest BCUT2D eigenvalue weighted by Gasteiger charge is -2.24. The number of fused-ring (bicyclic) bond motifs is 1. The van der Waals surface area contributed by atoms with Gasteiger partial charge in [-0.3, -0.25) is 0 Å². The Balaban J connectivity index is 2.05. The third-order valence-electron chi connectivity index (χ3n) is 4.38. The highest BCUT2D eigenvalue weighted by molar-refractivity contribution is 5.95. The van der Waals surface area contributed by atoms with Gasteiger partial charge in [0.2, 0.25) is 0 Å². The van der Waals surface area contributed by atoms with E-state index in [4.69, 9.17) is 18.9 Å². The highest BCUT2D eigenvalue weighted by atomic mass is 16.5. The summed E-state index contributed by atoms with van der Waals surface area (Å²) >= 11 is 0. The molecule has 5 heteroatoms. The first-order chi connectivity index (χ1) is 12.7. The predicted octanol–water partition coefficient (Wildman–Crippen LogP) is 4.47. The number of methoxy groups -OCH3 is 3. The second-order valence-electron chi connectivity index (χ2n) is 5.99. The Morgan fingerprint density at radius 2 is 1.69 bits per heavy atom. The van der Waals surface area contributed by atoms with E-state index in [1.165, 1.54) is 0 Å². The molecule has 3 rings (SSSR count). The zero-order valence-corrected chi connectivity index (χ0v) is 15.7. The van der Waals surface area contributed by atoms with Crippen molar-refractivity contribution < 1.29 is 18.9 Å². The second-order valence-corrected chi connectivity index (χ2v) is 5.99. The zero-order valence-electron chi connectivity index (χ0n) is 15.7. The van der Waals surface area contributed by atoms with Crippen LogP contribution in [0.2, 0.25) is 0 Å². The van der Waals surface area contributed by atoms with Crippen LogP contribution in [0.25, 0.3) is 11.6 Å². The van der Waals surface area contributed by atoms with Crippen LogP contribution in [0.15, 0.2) is 30.3 Å². The predicted molar refractivity (Wildman–Crippen MR) is 105 cm³/mol. The molecule has 0 spiro atoms. The minimum absolute atomic E-state index is 0.672. The maximum atomic E-state index is 5.88. The number of hydrogen-bond acceptors (Lipinski definition) is 5. The van der Waals surface area contributed by atoms with Gasteiger partial charge in [-0.25, -0.2) is 0 Å². The average Bonchev–Trinajstić information content (AvgIpc) is 2.70. The number of ether oxygens (including phenoxy) is 4. The third kappa shape index (κ3) is 3.43. The molecule has 0 radical (unpaired) electrons. The lowest BCUT2D eigenvalue weighted by molar-refractivity contribution is 0.318. The highest BCUT2D eigenvalue weighted by Crippen LogP contribution is 2.42. The van der Waals surface area contributed by atoms with E-state index in [1.807, 2.05) is 30.3 Å². The van der Waals surface area contributed by atoms with Crippen LogP contribution >= 0.6 is 0 Å². The van der Waals surface area contributed by atoms with Crippen molar-refractivity contribution in [2.75, 3.05) is 39.8 Å². The van der Waals surface area contributed by atoms with Crippen molar-refractivity contribution in [3.05, 3.63) is 41.5 Å². The summed E-state index contributed by atoms with van der Waals surface area (Å²) in [7, 11) is 4.99. The standard InChI is InChI=1S/C21H25NO4/c1-5-10-26-19-9-8-18(24-3)17-11-14(13-22-21(17)19)16-7-6-15(23-2)12-20(16)25-4/h6-9,11-12,22H,5,10,13H2,1-4H3. The van der Waals surface area contributed by atoms with Crippen molar-refractivity contribution in [1.29, 1.82) is 0 Å². The van der Waals surface area contributed by atoms with Crippen LogP contribution < -0.4 is 24.3 Å². The normalized spacial score (nSPS) is 12.5. The molecule has 0 saturated heterocycles. The van der Waals surface area contributed by atoms with Crippen molar-refractivity contribution in [3.63, 3.8) is 0 Å². The molecule has 138 valence electrons. The summed E-state index contributed by atoms with van der Waals surface area (Å²) in [6.07, 6.45) is 3.10. The van der Waals surface area contributed by atoms with Gasteiger partial charge < -0.3 is 24.3 Å². The third-order valence-corrected chi connectivity index (χ3v) is 4.38. The average molecular weight is 355 g/mol. The fourth-order valence-corrected chi connectivity index (χ4v) is 3.06. The molecule has 0 bridgehead atoms. The van der Waals surface area contributed by atoms with Gasteiger partial charge in [-0.1, -0.05) is 6.92 Å². The Morgan fingerprint density at radius 1 is 0.923 bits per heavy atom. The van der Waals surface area contributed by atoms with Gasteiger partial charge in [0, 0.05) is 23.7 Å². The number of rotatable bonds is 7. The summed E-state index contributed by atoms with van der Waals surface area (Å²) in [6, 6.07) is 9.74. The monoisotopic (exact) mass is 355 g/mol. The van der Waals surface area contributed by atoms with E-state index in [-0.39, 0.29) is 0 Å². The molecular weight excluding hydrogens is 330 g/mol. The number of hydrogen-bond donors (Lipinski definition) is 1. The van der Waals surface area contributed by atoms with Gasteiger partial charge in [-0.15, -0.1) is 0 Å². The fourth-order valence-electron chi connectivity index (χ4n) is 3.06. The fraction of sp³-hybridized carbons (Fsp3) is 0.333. The molecule has 0 fully saturated rings. The van der Waals surface area contributed by atoms with Gasteiger partial charge in [0.15, 0.2) is 0 Å². The van der Waals surface area contributed by atoms with E-state index in [9.17, 15) is 0 Å². The molecule has 0 aliphatic carbocycles. The Bertz CT molecular complexity index is 814. The lowest BCUT2D eigenvalue weighted by Crippen LogP contribution is -2.13. The van der Waals surface area contributed by atoms with Gasteiger partial charge in [0.25, 0.3) is 0 Å². The number of nitrogens with one attached hydrogen (secondary N) is 1. The molecular formula is C21H25NO4. The van der Waals surface area contributed by atoms with E-state index < -0.39 is 0 Å². The van der Waals surface area contributed by atoms with E-state index in [0.717, 1.165) is 51.8 Å². The van der Waals surface area contributed by atoms with Gasteiger partial charge in [0.1, 0.15) is 23.0 Å². The van der Waals surface area contributed by atoms with Crippen LogP contribution in [0.1, 0.15) is 24.5 Å². The molecule has 5 nitrogen and oxygen atoms in total. The van der Waals surface area contributed by atoms with Crippen LogP contribution in [0.4, 0.5) is 5.69 Å². The van der Waals surface area contributed by atoms with E-state index >= 15 is 0 Å². The minimum atomic E-state index is 0.672. The van der Waals surface area contributed by atoms with Gasteiger partial charge in [0.05, 0.1) is 33.6 Å². The van der Waals surface area contributed by atoms with Crippen LogP contribution in [-0.2, 0) is 0 Å². The number of benzene rings is 2. The van der Waals surface area contributed by atoms with Crippen molar-refractivity contribution in [2.45, 2.75) is 13.3 Å². The van der Waals surface area contributed by atoms with E-state index in [0.29, 0.717) is 13.2 Å². The molecule has 2 aromatic carbocycles. The quantitative estimate of drug-likeness (QED) is 0.794. The summed E-state index contributed by atoms with van der Waals surface area (Å²) in [5.74, 6) is 3.20. The zero-order chi connectivity index (χ0) is 18.5. The highest BCUT2D eigenvalue weighted by Gasteiger charge is 2.21. The molecule has 2 aromatic rings. The van der Waals surface area contributed by atoms with Gasteiger partial charge >= 0.3 is 0 Å². The largest absolute Gasteiger partial charge is 0.497 e. The summed E-state index contributed by atoms with van der Waals surface area (Å²) in [4.78, 5) is 0. The van der Waals surface area contributed by atoms with Crippen LogP contribution in [0.3, 0.4) is 0 Å². The minimum Gasteiger partial charge on any atom is -0.497 e. The molecule has 0 atom stereocenters. The topological polar surface area (TPSA) is 49.0 Å². The molecule has 0 aromatic heterocycles. The SMILES string of the molecule is CCCOc1ccc(OC)c2c1NCC(c1ccc(OC)cc1OC)=C2. The molecule has 0 amide bonds. The second kappa shape index (κ2) is 8.04. The van der Waals surface area contributed by atoms with E-state index in [1.54, 1.807) is 21.3 Å². The maximum absolute atomic E-state index is 5.88. The molecule has 0 saturated carbocycles. The van der Waals surface area contributed by atoms with E-state index in [2.05, 4.69) is 18.3 Å². The smallest absolute Gasteiger partial charge is 0.143 e. The Hall–Kier alpha value is -2.82. The van der Waals surface area contributed by atoms with Crippen molar-refractivity contribution in [2.24, 2.45) is 0 Å². The van der Waals surface area contributed by atoms with Gasteiger partial charge in [-0.2, -0.15) is 0 Å². The first kappa shape index (κ1) is 18.0. The van der Waals surface area contributed by atoms with Crippen LogP contribution in [0.5, 0.6) is 23.0 Å². The lowest BCUT2D eigenvalue weighted by atomic mass is 9.96. The maximum Gasteiger partial charge on any atom is 0.143 e. The molecule has 1 N–H and O–H groups in total. The van der Waals surface area contributed by atoms with Crippen LogP contribution in [0, 0.1) is 0 Å². The molecule has 1 heterocycles. The summed E-state index contributed by atoms with van der Waals surface area (Å²) < 4.78 is 22.3. The summed E-state index contributed by atoms with van der Waals surface area (Å²) in [5.41, 5.74) is 4.09. The molecule has 1 aliphatic heterocycles. The summed E-state index contributed by atoms with van der Waals surface area (Å²) in [5, 5.41) is 3.48.